The summed E-state index contributed by atoms with van der Waals surface area (Å²) >= 11 is 0. The predicted molar refractivity (Wildman–Crippen MR) is 72.0 cm³/mol. The summed E-state index contributed by atoms with van der Waals surface area (Å²) in [6, 6.07) is 3.60. The molecule has 5 heteroatoms. The smallest absolute Gasteiger partial charge is 0.322 e. The lowest BCUT2D eigenvalue weighted by molar-refractivity contribution is -0.145. The SMILES string of the molecule is CCCc1ccc(CN2CCN(C)C(C(=O)O)C2)o1. The van der Waals surface area contributed by atoms with E-state index in [1.807, 2.05) is 24.1 Å². The number of piperazine rings is 1. The molecule has 19 heavy (non-hydrogen) atoms. The molecule has 1 N–H and O–H groups in total. The summed E-state index contributed by atoms with van der Waals surface area (Å²) in [5, 5.41) is 9.17. The maximum atomic E-state index is 11.2. The predicted octanol–water partition coefficient (Wildman–Crippen LogP) is 1.43. The average Bonchev–Trinajstić information content (AvgIpc) is 2.79. The number of hydrogen-bond donors (Lipinski definition) is 1. The molecule has 0 aliphatic carbocycles. The van der Waals surface area contributed by atoms with E-state index >= 15 is 0 Å². The Morgan fingerprint density at radius 2 is 2.16 bits per heavy atom. The topological polar surface area (TPSA) is 56.9 Å². The number of aryl methyl sites for hydroxylation is 1. The van der Waals surface area contributed by atoms with Crippen molar-refractivity contribution in [2.45, 2.75) is 32.4 Å². The van der Waals surface area contributed by atoms with E-state index < -0.39 is 12.0 Å². The Hall–Kier alpha value is -1.33. The first-order chi connectivity index (χ1) is 9.10. The van der Waals surface area contributed by atoms with Crippen molar-refractivity contribution in [2.75, 3.05) is 26.7 Å². The van der Waals surface area contributed by atoms with Crippen LogP contribution in [0.2, 0.25) is 0 Å². The Morgan fingerprint density at radius 3 is 2.84 bits per heavy atom. The standard InChI is InChI=1S/C14H22N2O3/c1-3-4-11-5-6-12(19-11)9-16-8-7-15(2)13(10-16)14(17)18/h5-6,13H,3-4,7-10H2,1-2H3,(H,17,18). The normalized spacial score (nSPS) is 21.7. The largest absolute Gasteiger partial charge is 0.480 e. The van der Waals surface area contributed by atoms with Gasteiger partial charge in [0.05, 0.1) is 6.54 Å². The van der Waals surface area contributed by atoms with Crippen LogP contribution in [0.4, 0.5) is 0 Å². The second kappa shape index (κ2) is 6.21. The summed E-state index contributed by atoms with van der Waals surface area (Å²) in [6.45, 7) is 5.03. The number of rotatable bonds is 5. The van der Waals surface area contributed by atoms with E-state index in [2.05, 4.69) is 11.8 Å². The first kappa shape index (κ1) is 14.1. The lowest BCUT2D eigenvalue weighted by Gasteiger charge is -2.36. The quantitative estimate of drug-likeness (QED) is 0.873. The van der Waals surface area contributed by atoms with Crippen LogP contribution in [0, 0.1) is 0 Å². The van der Waals surface area contributed by atoms with Crippen molar-refractivity contribution in [1.82, 2.24) is 9.80 Å². The highest BCUT2D eigenvalue weighted by molar-refractivity contribution is 5.73. The van der Waals surface area contributed by atoms with Crippen molar-refractivity contribution in [3.8, 4) is 0 Å². The van der Waals surface area contributed by atoms with E-state index in [4.69, 9.17) is 4.42 Å². The minimum Gasteiger partial charge on any atom is -0.480 e. The Bertz CT molecular complexity index is 430. The molecule has 1 aliphatic heterocycles. The van der Waals surface area contributed by atoms with E-state index in [-0.39, 0.29) is 0 Å². The average molecular weight is 266 g/mol. The van der Waals surface area contributed by atoms with Crippen LogP contribution in [0.1, 0.15) is 24.9 Å². The molecule has 1 saturated heterocycles. The lowest BCUT2D eigenvalue weighted by atomic mass is 10.2. The number of hydrogen-bond acceptors (Lipinski definition) is 4. The van der Waals surface area contributed by atoms with Crippen LogP contribution >= 0.6 is 0 Å². The van der Waals surface area contributed by atoms with Gasteiger partial charge in [-0.3, -0.25) is 14.6 Å². The lowest BCUT2D eigenvalue weighted by Crippen LogP contribution is -2.54. The summed E-state index contributed by atoms with van der Waals surface area (Å²) in [5.41, 5.74) is 0. The fraction of sp³-hybridized carbons (Fsp3) is 0.643. The zero-order valence-corrected chi connectivity index (χ0v) is 11.6. The third-order valence-electron chi connectivity index (χ3n) is 3.61. The van der Waals surface area contributed by atoms with Crippen LogP contribution in [0.15, 0.2) is 16.5 Å². The molecule has 1 atom stereocenters. The molecule has 1 aromatic rings. The summed E-state index contributed by atoms with van der Waals surface area (Å²) in [4.78, 5) is 15.2. The van der Waals surface area contributed by atoms with Gasteiger partial charge >= 0.3 is 5.97 Å². The number of nitrogens with zero attached hydrogens (tertiary/aromatic N) is 2. The minimum atomic E-state index is -0.752. The van der Waals surface area contributed by atoms with Crippen LogP contribution in [0.3, 0.4) is 0 Å². The third-order valence-corrected chi connectivity index (χ3v) is 3.61. The first-order valence-electron chi connectivity index (χ1n) is 6.83. The minimum absolute atomic E-state index is 0.418. The van der Waals surface area contributed by atoms with Gasteiger partial charge in [-0.05, 0) is 25.6 Å². The van der Waals surface area contributed by atoms with Gasteiger partial charge in [-0.2, -0.15) is 0 Å². The Kier molecular flexibility index (Phi) is 4.61. The van der Waals surface area contributed by atoms with Gasteiger partial charge in [-0.25, -0.2) is 0 Å². The highest BCUT2D eigenvalue weighted by Crippen LogP contribution is 2.15. The molecule has 0 aromatic carbocycles. The van der Waals surface area contributed by atoms with Crippen LogP contribution in [0.5, 0.6) is 0 Å². The van der Waals surface area contributed by atoms with Gasteiger partial charge in [-0.1, -0.05) is 6.92 Å². The number of likely N-dealkylation sites (N-methyl/N-ethyl adjacent to an activating group) is 1. The highest BCUT2D eigenvalue weighted by atomic mass is 16.4. The number of carboxylic acid groups (broad SMARTS) is 1. The van der Waals surface area contributed by atoms with Crippen LogP contribution < -0.4 is 0 Å². The summed E-state index contributed by atoms with van der Waals surface area (Å²) in [5.74, 6) is 1.19. The summed E-state index contributed by atoms with van der Waals surface area (Å²) < 4.78 is 5.75. The van der Waals surface area contributed by atoms with Crippen molar-refractivity contribution >= 4 is 5.97 Å². The maximum absolute atomic E-state index is 11.2. The van der Waals surface area contributed by atoms with Crippen molar-refractivity contribution < 1.29 is 14.3 Å². The number of carbonyl (C=O) groups is 1. The van der Waals surface area contributed by atoms with Crippen LogP contribution in [-0.4, -0.2) is 53.6 Å². The van der Waals surface area contributed by atoms with E-state index in [0.29, 0.717) is 13.1 Å². The number of carboxylic acids is 1. The Balaban J connectivity index is 1.93. The molecule has 1 unspecified atom stereocenters. The molecule has 1 aliphatic rings. The van der Waals surface area contributed by atoms with E-state index in [0.717, 1.165) is 37.5 Å². The number of aliphatic carboxylic acids is 1. The molecule has 0 saturated carbocycles. The molecule has 2 heterocycles. The van der Waals surface area contributed by atoms with Crippen molar-refractivity contribution in [3.63, 3.8) is 0 Å². The molecule has 1 fully saturated rings. The molecule has 106 valence electrons. The molecule has 2 rings (SSSR count). The van der Waals surface area contributed by atoms with Crippen molar-refractivity contribution in [3.05, 3.63) is 23.7 Å². The maximum Gasteiger partial charge on any atom is 0.322 e. The molecular formula is C14H22N2O3. The van der Waals surface area contributed by atoms with Gasteiger partial charge in [0.1, 0.15) is 17.6 Å². The first-order valence-corrected chi connectivity index (χ1v) is 6.83. The molecule has 0 radical (unpaired) electrons. The summed E-state index contributed by atoms with van der Waals surface area (Å²) in [6.07, 6.45) is 2.03. The van der Waals surface area contributed by atoms with E-state index in [9.17, 15) is 9.90 Å². The second-order valence-corrected chi connectivity index (χ2v) is 5.19. The molecule has 5 nitrogen and oxygen atoms in total. The summed E-state index contributed by atoms with van der Waals surface area (Å²) in [7, 11) is 1.86. The van der Waals surface area contributed by atoms with E-state index in [1.165, 1.54) is 0 Å². The third kappa shape index (κ3) is 3.58. The zero-order valence-electron chi connectivity index (χ0n) is 11.6. The van der Waals surface area contributed by atoms with Crippen molar-refractivity contribution in [2.24, 2.45) is 0 Å². The van der Waals surface area contributed by atoms with Gasteiger partial charge < -0.3 is 9.52 Å². The van der Waals surface area contributed by atoms with Crippen LogP contribution in [0.25, 0.3) is 0 Å². The van der Waals surface area contributed by atoms with Gasteiger partial charge in [0, 0.05) is 26.1 Å². The number of furan rings is 1. The Labute approximate surface area is 113 Å². The second-order valence-electron chi connectivity index (χ2n) is 5.19. The van der Waals surface area contributed by atoms with Crippen molar-refractivity contribution in [1.29, 1.82) is 0 Å². The van der Waals surface area contributed by atoms with Gasteiger partial charge in [-0.15, -0.1) is 0 Å². The Morgan fingerprint density at radius 1 is 1.42 bits per heavy atom. The molecule has 0 amide bonds. The van der Waals surface area contributed by atoms with Gasteiger partial charge in [0.25, 0.3) is 0 Å². The van der Waals surface area contributed by atoms with Gasteiger partial charge in [0.2, 0.25) is 0 Å². The fourth-order valence-electron chi connectivity index (χ4n) is 2.45. The van der Waals surface area contributed by atoms with Crippen LogP contribution in [-0.2, 0) is 17.8 Å². The molecule has 1 aromatic heterocycles. The molecular weight excluding hydrogens is 244 g/mol. The fourth-order valence-corrected chi connectivity index (χ4v) is 2.45. The molecule has 0 bridgehead atoms. The molecule has 0 spiro atoms. The monoisotopic (exact) mass is 266 g/mol. The highest BCUT2D eigenvalue weighted by Gasteiger charge is 2.29. The van der Waals surface area contributed by atoms with Gasteiger partial charge in [0.15, 0.2) is 0 Å². The zero-order chi connectivity index (χ0) is 13.8. The van der Waals surface area contributed by atoms with E-state index in [1.54, 1.807) is 0 Å².